The van der Waals surface area contributed by atoms with Gasteiger partial charge in [0.15, 0.2) is 47.5 Å². The van der Waals surface area contributed by atoms with Crippen molar-refractivity contribution in [3.63, 3.8) is 0 Å². The van der Waals surface area contributed by atoms with Crippen molar-refractivity contribution >= 4 is 34.5 Å². The average Bonchev–Trinajstić information content (AvgIpc) is 3.21. The number of carbonyl (C=O) groups is 3. The molecule has 13 nitrogen and oxygen atoms in total. The standard InChI is InChI=1S/C41H62O13Si2/c1-10-55(11-2,12-3)53-34-27-48-41(38(36(34)54-56(13-4,14-5)15-6)52-39(44)31-21-23-32(45-9)24-22-31)51-33-26-47-40(46-25-30-19-17-16-18-20-30)37(50-29(8)43)35(33)49-28(7)42/h16-24,33-38,40-41H,10-15,25-27H2,1-9H3/t33-,34+,35-,36-,37+,38+,40-,41-/m0/s1. The van der Waals surface area contributed by atoms with Crippen LogP contribution in [0.2, 0.25) is 36.3 Å². The van der Waals surface area contributed by atoms with Crippen molar-refractivity contribution in [2.45, 2.75) is 147 Å². The van der Waals surface area contributed by atoms with E-state index in [1.165, 1.54) is 13.8 Å². The van der Waals surface area contributed by atoms with Crippen molar-refractivity contribution in [3.05, 3.63) is 65.7 Å². The van der Waals surface area contributed by atoms with Crippen LogP contribution in [0.5, 0.6) is 5.75 Å². The lowest BCUT2D eigenvalue weighted by atomic mass is 10.0. The quantitative estimate of drug-likeness (QED) is 0.0757. The van der Waals surface area contributed by atoms with Crippen molar-refractivity contribution in [3.8, 4) is 5.75 Å². The van der Waals surface area contributed by atoms with Crippen molar-refractivity contribution in [2.24, 2.45) is 0 Å². The van der Waals surface area contributed by atoms with E-state index in [1.807, 2.05) is 30.3 Å². The molecular formula is C41H62O13Si2. The molecule has 0 radical (unpaired) electrons. The van der Waals surface area contributed by atoms with E-state index in [0.717, 1.165) is 41.8 Å². The van der Waals surface area contributed by atoms with Gasteiger partial charge in [-0.25, -0.2) is 4.79 Å². The van der Waals surface area contributed by atoms with E-state index in [4.69, 9.17) is 46.7 Å². The molecule has 56 heavy (non-hydrogen) atoms. The lowest BCUT2D eigenvalue weighted by molar-refractivity contribution is -0.329. The Hall–Kier alpha value is -3.16. The number of ether oxygens (including phenoxy) is 8. The van der Waals surface area contributed by atoms with Crippen LogP contribution in [0.3, 0.4) is 0 Å². The van der Waals surface area contributed by atoms with Gasteiger partial charge in [0.1, 0.15) is 18.0 Å². The maximum atomic E-state index is 14.0. The smallest absolute Gasteiger partial charge is 0.338 e. The summed E-state index contributed by atoms with van der Waals surface area (Å²) in [4.78, 5) is 39.1. The highest BCUT2D eigenvalue weighted by molar-refractivity contribution is 6.74. The maximum absolute atomic E-state index is 14.0. The molecule has 2 heterocycles. The Kier molecular flexibility index (Phi) is 17.5. The molecular weight excluding hydrogens is 757 g/mol. The summed E-state index contributed by atoms with van der Waals surface area (Å²) in [5, 5.41) is 0. The fourth-order valence-electron chi connectivity index (χ4n) is 7.34. The van der Waals surface area contributed by atoms with Crippen LogP contribution in [0.15, 0.2) is 54.6 Å². The third-order valence-electron chi connectivity index (χ3n) is 11.2. The van der Waals surface area contributed by atoms with Crippen LogP contribution in [0.1, 0.15) is 71.3 Å². The van der Waals surface area contributed by atoms with E-state index in [2.05, 4.69) is 41.5 Å². The lowest BCUT2D eigenvalue weighted by Crippen LogP contribution is -2.64. The van der Waals surface area contributed by atoms with Gasteiger partial charge in [0.2, 0.25) is 0 Å². The third kappa shape index (κ3) is 11.7. The summed E-state index contributed by atoms with van der Waals surface area (Å²) in [6.07, 6.45) is -8.13. The molecule has 0 unspecified atom stereocenters. The molecule has 15 heteroatoms. The average molecular weight is 819 g/mol. The molecule has 2 aromatic carbocycles. The van der Waals surface area contributed by atoms with Crippen molar-refractivity contribution in [1.29, 1.82) is 0 Å². The van der Waals surface area contributed by atoms with E-state index in [0.29, 0.717) is 11.3 Å². The first kappa shape index (κ1) is 45.5. The fourth-order valence-corrected chi connectivity index (χ4v) is 13.0. The minimum Gasteiger partial charge on any atom is -0.497 e. The molecule has 2 saturated heterocycles. The molecule has 2 aliphatic heterocycles. The normalized spacial score (nSPS) is 25.6. The Labute approximate surface area is 334 Å². The Morgan fingerprint density at radius 2 is 1.14 bits per heavy atom. The summed E-state index contributed by atoms with van der Waals surface area (Å²) >= 11 is 0. The molecule has 312 valence electrons. The number of rotatable bonds is 20. The second kappa shape index (κ2) is 21.6. The number of hydrogen-bond acceptors (Lipinski definition) is 13. The Bertz CT molecular complexity index is 1500. The predicted molar refractivity (Wildman–Crippen MR) is 213 cm³/mol. The number of hydrogen-bond donors (Lipinski definition) is 0. The van der Waals surface area contributed by atoms with Gasteiger partial charge in [-0.3, -0.25) is 9.59 Å². The zero-order chi connectivity index (χ0) is 40.9. The second-order valence-corrected chi connectivity index (χ2v) is 23.8. The maximum Gasteiger partial charge on any atom is 0.338 e. The minimum absolute atomic E-state index is 0.101. The van der Waals surface area contributed by atoms with Gasteiger partial charge < -0.3 is 46.7 Å². The molecule has 4 rings (SSSR count). The molecule has 0 bridgehead atoms. The first-order chi connectivity index (χ1) is 26.9. The molecule has 0 N–H and O–H groups in total. The zero-order valence-electron chi connectivity index (χ0n) is 34.5. The van der Waals surface area contributed by atoms with Gasteiger partial charge in [-0.2, -0.15) is 0 Å². The number of esters is 3. The highest BCUT2D eigenvalue weighted by atomic mass is 28.4. The van der Waals surface area contributed by atoms with E-state index >= 15 is 0 Å². The monoisotopic (exact) mass is 818 g/mol. The van der Waals surface area contributed by atoms with Crippen LogP contribution < -0.4 is 4.74 Å². The zero-order valence-corrected chi connectivity index (χ0v) is 36.5. The third-order valence-corrected chi connectivity index (χ3v) is 20.5. The molecule has 0 amide bonds. The highest BCUT2D eigenvalue weighted by Crippen LogP contribution is 2.37. The summed E-state index contributed by atoms with van der Waals surface area (Å²) in [7, 11) is -3.07. The Morgan fingerprint density at radius 1 is 0.625 bits per heavy atom. The van der Waals surface area contributed by atoms with Crippen LogP contribution in [0, 0.1) is 0 Å². The largest absolute Gasteiger partial charge is 0.497 e. The van der Waals surface area contributed by atoms with Crippen molar-refractivity contribution in [1.82, 2.24) is 0 Å². The summed E-state index contributed by atoms with van der Waals surface area (Å²) in [5.74, 6) is -1.29. The lowest BCUT2D eigenvalue weighted by Gasteiger charge is -2.49. The number of methoxy groups -OCH3 is 1. The number of carbonyl (C=O) groups excluding carboxylic acids is 3. The van der Waals surface area contributed by atoms with Crippen molar-refractivity contribution < 1.29 is 61.1 Å². The molecule has 0 spiro atoms. The molecule has 0 saturated carbocycles. The van der Waals surface area contributed by atoms with Gasteiger partial charge in [0.25, 0.3) is 0 Å². The SMILES string of the molecule is CC[Si](CC)(CC)O[C@@H]1[C@@H](OC(=O)c2ccc(OC)cc2)[C@H](O[C@H]2CO[C@H](OCc3ccccc3)[C@H](OC(C)=O)[C@H]2OC(C)=O)OC[C@H]1O[Si](CC)(CC)CC. The molecule has 8 atom stereocenters. The fraction of sp³-hybridized carbons (Fsp3) is 0.634. The second-order valence-electron chi connectivity index (χ2n) is 14.3. The first-order valence-electron chi connectivity index (χ1n) is 20.0. The number of benzene rings is 2. The van der Waals surface area contributed by atoms with Crippen LogP contribution in [-0.2, 0) is 58.2 Å². The predicted octanol–water partition coefficient (Wildman–Crippen LogP) is 7.18. The summed E-state index contributed by atoms with van der Waals surface area (Å²) in [5.41, 5.74) is 1.16. The summed E-state index contributed by atoms with van der Waals surface area (Å²) < 4.78 is 63.0. The molecule has 2 aliphatic rings. The summed E-state index contributed by atoms with van der Waals surface area (Å²) in [6.45, 7) is 15.5. The molecule has 2 fully saturated rings. The molecule has 0 aliphatic carbocycles. The topological polar surface area (TPSA) is 144 Å². The summed E-state index contributed by atoms with van der Waals surface area (Å²) in [6, 6.07) is 21.3. The van der Waals surface area contributed by atoms with Gasteiger partial charge in [-0.05, 0) is 66.1 Å². The van der Waals surface area contributed by atoms with Crippen LogP contribution >= 0.6 is 0 Å². The van der Waals surface area contributed by atoms with Gasteiger partial charge in [0.05, 0.1) is 38.6 Å². The molecule has 0 aromatic heterocycles. The van der Waals surface area contributed by atoms with Crippen LogP contribution in [0.25, 0.3) is 0 Å². The van der Waals surface area contributed by atoms with Crippen LogP contribution in [-0.4, -0.2) is 104 Å². The molecule has 2 aromatic rings. The minimum atomic E-state index is -2.38. The van der Waals surface area contributed by atoms with E-state index in [-0.39, 0.29) is 19.8 Å². The van der Waals surface area contributed by atoms with E-state index < -0.39 is 83.7 Å². The van der Waals surface area contributed by atoms with Crippen LogP contribution in [0.4, 0.5) is 0 Å². The van der Waals surface area contributed by atoms with Gasteiger partial charge in [0, 0.05) is 13.8 Å². The van der Waals surface area contributed by atoms with Gasteiger partial charge in [-0.15, -0.1) is 0 Å². The van der Waals surface area contributed by atoms with Crippen molar-refractivity contribution in [2.75, 3.05) is 20.3 Å². The van der Waals surface area contributed by atoms with Gasteiger partial charge >= 0.3 is 17.9 Å². The van der Waals surface area contributed by atoms with Gasteiger partial charge in [-0.1, -0.05) is 71.9 Å². The Morgan fingerprint density at radius 3 is 1.70 bits per heavy atom. The highest BCUT2D eigenvalue weighted by Gasteiger charge is 2.54. The van der Waals surface area contributed by atoms with E-state index in [1.54, 1.807) is 31.4 Å². The Balaban J connectivity index is 1.75. The first-order valence-corrected chi connectivity index (χ1v) is 25.0. The van der Waals surface area contributed by atoms with E-state index in [9.17, 15) is 14.4 Å².